The summed E-state index contributed by atoms with van der Waals surface area (Å²) >= 11 is 0. The summed E-state index contributed by atoms with van der Waals surface area (Å²) in [5.41, 5.74) is 16.7. The van der Waals surface area contributed by atoms with Gasteiger partial charge >= 0.3 is 0 Å². The van der Waals surface area contributed by atoms with E-state index in [1.165, 1.54) is 53.4 Å². The van der Waals surface area contributed by atoms with Gasteiger partial charge in [0.15, 0.2) is 0 Å². The molecular weight excluding hydrogens is 677 g/mol. The number of benzene rings is 7. The van der Waals surface area contributed by atoms with Gasteiger partial charge in [-0.05, 0) is 160 Å². The molecule has 0 atom stereocenters. The molecule has 0 fully saturated rings. The largest absolute Gasteiger partial charge is 0.311 e. The van der Waals surface area contributed by atoms with Gasteiger partial charge in [-0.15, -0.1) is 0 Å². The van der Waals surface area contributed by atoms with Gasteiger partial charge in [0, 0.05) is 51.2 Å². The van der Waals surface area contributed by atoms with Crippen molar-refractivity contribution in [3.05, 3.63) is 192 Å². The molecule has 0 amide bonds. The molecule has 0 saturated carbocycles. The lowest BCUT2D eigenvalue weighted by atomic mass is 9.96. The van der Waals surface area contributed by atoms with Crippen LogP contribution in [0.4, 0.5) is 51.2 Å². The molecular formula is C52H54BN3. The molecule has 56 heavy (non-hydrogen) atoms. The zero-order valence-electron chi connectivity index (χ0n) is 33.8. The molecule has 0 spiro atoms. The van der Waals surface area contributed by atoms with Crippen LogP contribution in [0.3, 0.4) is 0 Å². The highest BCUT2D eigenvalue weighted by atomic mass is 15.2. The summed E-state index contributed by atoms with van der Waals surface area (Å²) in [5, 5.41) is 0. The van der Waals surface area contributed by atoms with Gasteiger partial charge in [0.2, 0.25) is 0 Å². The summed E-state index contributed by atoms with van der Waals surface area (Å²) in [6.07, 6.45) is 7.05. The number of anilines is 9. The van der Waals surface area contributed by atoms with Gasteiger partial charge < -0.3 is 14.7 Å². The van der Waals surface area contributed by atoms with Crippen molar-refractivity contribution in [3.63, 3.8) is 0 Å². The summed E-state index contributed by atoms with van der Waals surface area (Å²) in [5.74, 6) is 0. The molecule has 0 aliphatic heterocycles. The van der Waals surface area contributed by atoms with Crippen molar-refractivity contribution in [2.75, 3.05) is 14.7 Å². The normalized spacial score (nSPS) is 11.0. The smallest absolute Gasteiger partial charge is 0.139 e. The van der Waals surface area contributed by atoms with E-state index >= 15 is 0 Å². The van der Waals surface area contributed by atoms with Crippen LogP contribution in [0, 0.1) is 13.8 Å². The molecule has 0 bridgehead atoms. The van der Waals surface area contributed by atoms with E-state index in [-0.39, 0.29) is 0 Å². The molecule has 0 saturated heterocycles. The van der Waals surface area contributed by atoms with Crippen LogP contribution in [0.2, 0.25) is 0 Å². The van der Waals surface area contributed by atoms with E-state index in [2.05, 4.69) is 220 Å². The van der Waals surface area contributed by atoms with Gasteiger partial charge in [-0.25, -0.2) is 0 Å². The monoisotopic (exact) mass is 731 g/mol. The number of hydrogen-bond acceptors (Lipinski definition) is 3. The molecule has 0 heterocycles. The molecule has 0 aliphatic rings. The Kier molecular flexibility index (Phi) is 12.4. The standard InChI is InChI=1S/C52H54BN3/c1-5-7-9-41-15-25-46(26-16-41)54(44-21-11-39(3)12-22-44)49-31-33-50(34-32-49)55(45-23-13-40(4)14-24-45)51-35-37-52(38-36-51)56(48-29-19-43(53)20-30-48)47-27-17-42(18-28-47)10-8-6-2/h11-38H,5-10,53H2,1-4H3. The van der Waals surface area contributed by atoms with E-state index in [0.717, 1.165) is 64.0 Å². The fourth-order valence-electron chi connectivity index (χ4n) is 7.31. The number of rotatable bonds is 15. The Balaban J connectivity index is 1.24. The fourth-order valence-corrected chi connectivity index (χ4v) is 7.31. The van der Waals surface area contributed by atoms with E-state index in [0.29, 0.717) is 0 Å². The topological polar surface area (TPSA) is 9.72 Å². The van der Waals surface area contributed by atoms with Crippen LogP contribution in [0.5, 0.6) is 0 Å². The highest BCUT2D eigenvalue weighted by molar-refractivity contribution is 6.32. The van der Waals surface area contributed by atoms with Gasteiger partial charge in [0.05, 0.1) is 0 Å². The first-order valence-corrected chi connectivity index (χ1v) is 20.4. The zero-order chi connectivity index (χ0) is 38.9. The Labute approximate surface area is 336 Å². The van der Waals surface area contributed by atoms with Crippen molar-refractivity contribution >= 4 is 64.5 Å². The van der Waals surface area contributed by atoms with Gasteiger partial charge in [-0.1, -0.05) is 104 Å². The molecule has 7 aromatic carbocycles. The highest BCUT2D eigenvalue weighted by Gasteiger charge is 2.18. The predicted octanol–water partition coefficient (Wildman–Crippen LogP) is 13.7. The second kappa shape index (κ2) is 18.1. The molecule has 0 unspecified atom stereocenters. The third-order valence-electron chi connectivity index (χ3n) is 10.6. The molecule has 0 aromatic heterocycles. The van der Waals surface area contributed by atoms with Crippen molar-refractivity contribution in [1.82, 2.24) is 0 Å². The first-order chi connectivity index (χ1) is 27.4. The zero-order valence-corrected chi connectivity index (χ0v) is 33.8. The van der Waals surface area contributed by atoms with Crippen molar-refractivity contribution < 1.29 is 0 Å². The summed E-state index contributed by atoms with van der Waals surface area (Å²) in [6.45, 7) is 8.79. The van der Waals surface area contributed by atoms with Crippen molar-refractivity contribution in [2.45, 2.75) is 66.2 Å². The molecule has 280 valence electrons. The average molecular weight is 732 g/mol. The molecule has 4 heteroatoms. The Morgan fingerprint density at radius 2 is 0.536 bits per heavy atom. The Hall–Kier alpha value is -6.00. The number of nitrogens with zero attached hydrogens (tertiary/aromatic N) is 3. The van der Waals surface area contributed by atoms with Crippen LogP contribution in [0.1, 0.15) is 61.8 Å². The molecule has 0 N–H and O–H groups in total. The predicted molar refractivity (Wildman–Crippen MR) is 245 cm³/mol. The third-order valence-corrected chi connectivity index (χ3v) is 10.6. The van der Waals surface area contributed by atoms with Crippen LogP contribution >= 0.6 is 0 Å². The van der Waals surface area contributed by atoms with E-state index in [9.17, 15) is 0 Å². The maximum absolute atomic E-state index is 2.35. The first-order valence-electron chi connectivity index (χ1n) is 20.4. The minimum Gasteiger partial charge on any atom is -0.311 e. The SMILES string of the molecule is Bc1ccc(N(c2ccc(CCCC)cc2)c2ccc(N(c3ccc(C)cc3)c3ccc(N(c4ccc(C)cc4)c4ccc(CCCC)cc4)cc3)cc2)cc1. The fraction of sp³-hybridized carbons (Fsp3) is 0.192. The molecule has 7 aromatic rings. The molecule has 3 nitrogen and oxygen atoms in total. The summed E-state index contributed by atoms with van der Waals surface area (Å²) in [6, 6.07) is 62.6. The highest BCUT2D eigenvalue weighted by Crippen LogP contribution is 2.41. The summed E-state index contributed by atoms with van der Waals surface area (Å²) in [7, 11) is 2.14. The number of hydrogen-bond donors (Lipinski definition) is 0. The lowest BCUT2D eigenvalue weighted by molar-refractivity contribution is 0.795. The van der Waals surface area contributed by atoms with Crippen molar-refractivity contribution in [3.8, 4) is 0 Å². The van der Waals surface area contributed by atoms with Gasteiger partial charge in [-0.2, -0.15) is 0 Å². The lowest BCUT2D eigenvalue weighted by Crippen LogP contribution is -2.13. The second-order valence-electron chi connectivity index (χ2n) is 15.1. The van der Waals surface area contributed by atoms with Gasteiger partial charge in [0.1, 0.15) is 7.85 Å². The maximum atomic E-state index is 2.35. The van der Waals surface area contributed by atoms with Crippen molar-refractivity contribution in [2.24, 2.45) is 0 Å². The number of aryl methyl sites for hydroxylation is 4. The van der Waals surface area contributed by atoms with Crippen LogP contribution in [-0.4, -0.2) is 7.85 Å². The molecule has 7 rings (SSSR count). The summed E-state index contributed by atoms with van der Waals surface area (Å²) in [4.78, 5) is 7.06. The second-order valence-corrected chi connectivity index (χ2v) is 15.1. The molecule has 0 radical (unpaired) electrons. The van der Waals surface area contributed by atoms with E-state index in [1.54, 1.807) is 0 Å². The van der Waals surface area contributed by atoms with Gasteiger partial charge in [-0.3, -0.25) is 0 Å². The first kappa shape index (κ1) is 38.3. The lowest BCUT2D eigenvalue weighted by Gasteiger charge is -2.29. The summed E-state index contributed by atoms with van der Waals surface area (Å²) < 4.78 is 0. The quantitative estimate of drug-likeness (QED) is 0.0972. The van der Waals surface area contributed by atoms with E-state index in [1.807, 2.05) is 0 Å². The van der Waals surface area contributed by atoms with Gasteiger partial charge in [0.25, 0.3) is 0 Å². The average Bonchev–Trinajstić information content (AvgIpc) is 3.23. The van der Waals surface area contributed by atoms with E-state index in [4.69, 9.17) is 0 Å². The number of unbranched alkanes of at least 4 members (excludes halogenated alkanes) is 2. The van der Waals surface area contributed by atoms with E-state index < -0.39 is 0 Å². The van der Waals surface area contributed by atoms with Crippen LogP contribution in [0.15, 0.2) is 170 Å². The molecule has 0 aliphatic carbocycles. The minimum atomic E-state index is 1.10. The van der Waals surface area contributed by atoms with Crippen molar-refractivity contribution in [1.29, 1.82) is 0 Å². The Morgan fingerprint density at radius 3 is 0.786 bits per heavy atom. The van der Waals surface area contributed by atoms with Crippen LogP contribution < -0.4 is 20.2 Å². The Bertz CT molecular complexity index is 2120. The third kappa shape index (κ3) is 9.09. The Morgan fingerprint density at radius 1 is 0.321 bits per heavy atom. The minimum absolute atomic E-state index is 1.10. The van der Waals surface area contributed by atoms with Crippen LogP contribution in [-0.2, 0) is 12.8 Å². The maximum Gasteiger partial charge on any atom is 0.139 e. The van der Waals surface area contributed by atoms with Crippen LogP contribution in [0.25, 0.3) is 0 Å².